The fourth-order valence-corrected chi connectivity index (χ4v) is 0.708. The van der Waals surface area contributed by atoms with E-state index < -0.39 is 5.97 Å². The van der Waals surface area contributed by atoms with Crippen molar-refractivity contribution in [3.63, 3.8) is 0 Å². The van der Waals surface area contributed by atoms with Crippen LogP contribution in [0.15, 0.2) is 6.20 Å². The summed E-state index contributed by atoms with van der Waals surface area (Å²) in [7, 11) is 1.27. The molecule has 6 nitrogen and oxygen atoms in total. The SMILES string of the molecule is COC(=O)c1cn(CCO)nn1. The fraction of sp³-hybridized carbons (Fsp3) is 0.500. The number of rotatable bonds is 3. The first-order valence-electron chi connectivity index (χ1n) is 3.37. The summed E-state index contributed by atoms with van der Waals surface area (Å²) >= 11 is 0. The van der Waals surface area contributed by atoms with Gasteiger partial charge >= 0.3 is 5.97 Å². The maximum Gasteiger partial charge on any atom is 0.360 e. The molecule has 0 aliphatic carbocycles. The van der Waals surface area contributed by atoms with E-state index in [1.54, 1.807) is 0 Å². The van der Waals surface area contributed by atoms with Crippen molar-refractivity contribution in [1.82, 2.24) is 15.0 Å². The number of aliphatic hydroxyl groups is 1. The molecule has 1 aromatic heterocycles. The summed E-state index contributed by atoms with van der Waals surface area (Å²) < 4.78 is 5.78. The number of carbonyl (C=O) groups excluding carboxylic acids is 1. The third-order valence-electron chi connectivity index (χ3n) is 1.26. The van der Waals surface area contributed by atoms with Gasteiger partial charge in [0.1, 0.15) is 0 Å². The molecule has 0 saturated heterocycles. The standard InChI is InChI=1S/C6H9N3O3/c1-12-6(11)5-4-9(2-3-10)8-7-5/h4,10H,2-3H2,1H3. The summed E-state index contributed by atoms with van der Waals surface area (Å²) in [6.07, 6.45) is 1.42. The number of hydrogen-bond donors (Lipinski definition) is 1. The molecule has 0 aliphatic rings. The van der Waals surface area contributed by atoms with Gasteiger partial charge in [-0.15, -0.1) is 5.10 Å². The molecule has 1 rings (SSSR count). The van der Waals surface area contributed by atoms with E-state index >= 15 is 0 Å². The molecular formula is C6H9N3O3. The van der Waals surface area contributed by atoms with E-state index in [2.05, 4.69) is 15.0 Å². The Morgan fingerprint density at radius 1 is 1.83 bits per heavy atom. The Labute approximate surface area is 68.8 Å². The maximum absolute atomic E-state index is 10.8. The zero-order chi connectivity index (χ0) is 8.97. The lowest BCUT2D eigenvalue weighted by Crippen LogP contribution is -2.03. The van der Waals surface area contributed by atoms with Crippen LogP contribution in [-0.2, 0) is 11.3 Å². The van der Waals surface area contributed by atoms with E-state index in [0.717, 1.165) is 0 Å². The maximum atomic E-state index is 10.8. The summed E-state index contributed by atoms with van der Waals surface area (Å²) in [6.45, 7) is 0.286. The summed E-state index contributed by atoms with van der Waals surface area (Å²) in [5, 5.41) is 15.6. The van der Waals surface area contributed by atoms with Crippen LogP contribution < -0.4 is 0 Å². The van der Waals surface area contributed by atoms with Gasteiger partial charge in [0, 0.05) is 0 Å². The van der Waals surface area contributed by atoms with Crippen LogP contribution >= 0.6 is 0 Å². The topological polar surface area (TPSA) is 77.2 Å². The van der Waals surface area contributed by atoms with Crippen molar-refractivity contribution in [2.75, 3.05) is 13.7 Å². The lowest BCUT2D eigenvalue weighted by Gasteiger charge is -1.92. The number of aromatic nitrogens is 3. The fourth-order valence-electron chi connectivity index (χ4n) is 0.708. The number of esters is 1. The van der Waals surface area contributed by atoms with Crippen LogP contribution in [0.4, 0.5) is 0 Å². The summed E-state index contributed by atoms with van der Waals surface area (Å²) in [5.41, 5.74) is 0.144. The van der Waals surface area contributed by atoms with Crippen LogP contribution in [0.2, 0.25) is 0 Å². The zero-order valence-corrected chi connectivity index (χ0v) is 6.60. The Morgan fingerprint density at radius 2 is 2.58 bits per heavy atom. The van der Waals surface area contributed by atoms with Gasteiger partial charge < -0.3 is 9.84 Å². The van der Waals surface area contributed by atoms with E-state index in [0.29, 0.717) is 6.54 Å². The van der Waals surface area contributed by atoms with Gasteiger partial charge in [-0.2, -0.15) is 0 Å². The van der Waals surface area contributed by atoms with Crippen LogP contribution in [0.1, 0.15) is 10.5 Å². The van der Waals surface area contributed by atoms with Gasteiger partial charge in [-0.05, 0) is 0 Å². The molecule has 0 atom stereocenters. The van der Waals surface area contributed by atoms with E-state index in [1.807, 2.05) is 0 Å². The molecule has 1 heterocycles. The van der Waals surface area contributed by atoms with Crippen molar-refractivity contribution in [1.29, 1.82) is 0 Å². The van der Waals surface area contributed by atoms with Crippen LogP contribution in [-0.4, -0.2) is 39.8 Å². The second-order valence-electron chi connectivity index (χ2n) is 2.08. The molecule has 12 heavy (non-hydrogen) atoms. The lowest BCUT2D eigenvalue weighted by molar-refractivity contribution is 0.0594. The molecule has 1 aromatic rings. The highest BCUT2D eigenvalue weighted by Gasteiger charge is 2.09. The van der Waals surface area contributed by atoms with Crippen LogP contribution in [0.5, 0.6) is 0 Å². The Kier molecular flexibility index (Phi) is 2.76. The average Bonchev–Trinajstić information content (AvgIpc) is 2.52. The highest BCUT2D eigenvalue weighted by atomic mass is 16.5. The normalized spacial score (nSPS) is 9.83. The molecule has 0 spiro atoms. The predicted molar refractivity (Wildman–Crippen MR) is 38.4 cm³/mol. The number of nitrogens with zero attached hydrogens (tertiary/aromatic N) is 3. The summed E-state index contributed by atoms with van der Waals surface area (Å²) in [4.78, 5) is 10.8. The largest absolute Gasteiger partial charge is 0.464 e. The first kappa shape index (κ1) is 8.66. The van der Waals surface area contributed by atoms with Gasteiger partial charge in [0.2, 0.25) is 0 Å². The molecule has 0 saturated carbocycles. The molecular weight excluding hydrogens is 162 g/mol. The highest BCUT2D eigenvalue weighted by Crippen LogP contribution is 1.94. The van der Waals surface area contributed by atoms with Crippen molar-refractivity contribution in [2.45, 2.75) is 6.54 Å². The minimum Gasteiger partial charge on any atom is -0.464 e. The van der Waals surface area contributed by atoms with E-state index in [1.165, 1.54) is 18.0 Å². The van der Waals surface area contributed by atoms with Gasteiger partial charge in [0.05, 0.1) is 26.5 Å². The quantitative estimate of drug-likeness (QED) is 0.594. The molecule has 0 aromatic carbocycles. The lowest BCUT2D eigenvalue weighted by atomic mass is 10.5. The molecule has 66 valence electrons. The van der Waals surface area contributed by atoms with E-state index in [4.69, 9.17) is 5.11 Å². The zero-order valence-electron chi connectivity index (χ0n) is 6.60. The Bertz CT molecular complexity index is 271. The molecule has 0 fully saturated rings. The van der Waals surface area contributed by atoms with E-state index in [9.17, 15) is 4.79 Å². The molecule has 0 bridgehead atoms. The minimum atomic E-state index is -0.529. The van der Waals surface area contributed by atoms with Crippen molar-refractivity contribution < 1.29 is 14.6 Å². The van der Waals surface area contributed by atoms with Gasteiger partial charge in [-0.3, -0.25) is 0 Å². The van der Waals surface area contributed by atoms with Crippen molar-refractivity contribution in [3.05, 3.63) is 11.9 Å². The van der Waals surface area contributed by atoms with Gasteiger partial charge in [-0.25, -0.2) is 9.48 Å². The Balaban J connectivity index is 2.70. The monoisotopic (exact) mass is 171 g/mol. The first-order valence-corrected chi connectivity index (χ1v) is 3.37. The van der Waals surface area contributed by atoms with Crippen LogP contribution in [0.3, 0.4) is 0 Å². The first-order chi connectivity index (χ1) is 5.77. The predicted octanol–water partition coefficient (Wildman–Crippen LogP) is -0.943. The van der Waals surface area contributed by atoms with Crippen LogP contribution in [0.25, 0.3) is 0 Å². The second-order valence-corrected chi connectivity index (χ2v) is 2.08. The molecule has 0 amide bonds. The van der Waals surface area contributed by atoms with Crippen molar-refractivity contribution >= 4 is 5.97 Å². The molecule has 0 unspecified atom stereocenters. The number of methoxy groups -OCH3 is 1. The minimum absolute atomic E-state index is 0.0377. The average molecular weight is 171 g/mol. The Hall–Kier alpha value is -1.43. The number of carbonyl (C=O) groups is 1. The van der Waals surface area contributed by atoms with Crippen molar-refractivity contribution in [2.24, 2.45) is 0 Å². The van der Waals surface area contributed by atoms with Crippen LogP contribution in [0, 0.1) is 0 Å². The Morgan fingerprint density at radius 3 is 3.17 bits per heavy atom. The van der Waals surface area contributed by atoms with Crippen molar-refractivity contribution in [3.8, 4) is 0 Å². The van der Waals surface area contributed by atoms with E-state index in [-0.39, 0.29) is 12.3 Å². The highest BCUT2D eigenvalue weighted by molar-refractivity contribution is 5.86. The number of aliphatic hydroxyl groups excluding tert-OH is 1. The molecule has 6 heteroatoms. The summed E-state index contributed by atoms with van der Waals surface area (Å²) in [6, 6.07) is 0. The molecule has 0 aliphatic heterocycles. The summed E-state index contributed by atoms with van der Waals surface area (Å²) in [5.74, 6) is -0.529. The van der Waals surface area contributed by atoms with Gasteiger partial charge in [0.15, 0.2) is 5.69 Å². The third kappa shape index (κ3) is 1.79. The smallest absolute Gasteiger partial charge is 0.360 e. The molecule has 1 N–H and O–H groups in total. The molecule has 0 radical (unpaired) electrons. The van der Waals surface area contributed by atoms with Gasteiger partial charge in [-0.1, -0.05) is 5.21 Å². The number of ether oxygens (including phenoxy) is 1. The third-order valence-corrected chi connectivity index (χ3v) is 1.26. The van der Waals surface area contributed by atoms with Gasteiger partial charge in [0.25, 0.3) is 0 Å². The number of hydrogen-bond acceptors (Lipinski definition) is 5. The second kappa shape index (κ2) is 3.82.